The number of benzene rings is 2. The van der Waals surface area contributed by atoms with Gasteiger partial charge < -0.3 is 9.64 Å². The molecule has 0 fully saturated rings. The van der Waals surface area contributed by atoms with Crippen LogP contribution in [0.3, 0.4) is 0 Å². The molecule has 0 amide bonds. The van der Waals surface area contributed by atoms with Gasteiger partial charge in [0, 0.05) is 6.54 Å². The van der Waals surface area contributed by atoms with Gasteiger partial charge in [-0.3, -0.25) is 4.79 Å². The molecular formula is C22H29NO2. The summed E-state index contributed by atoms with van der Waals surface area (Å²) in [6, 6.07) is 19.7. The van der Waals surface area contributed by atoms with Crippen LogP contribution in [0.2, 0.25) is 0 Å². The third-order valence-corrected chi connectivity index (χ3v) is 4.86. The molecule has 0 spiro atoms. The standard InChI is InChI=1S/C22H29NO2/c1-4-23(5-2)17-12-18-25-21(24)22(3,19-13-8-6-9-14-19)20-15-10-7-11-16-20/h6-11,13-16H,4-5,12,17-18H2,1-3H3. The molecule has 3 heteroatoms. The lowest BCUT2D eigenvalue weighted by Crippen LogP contribution is -2.36. The van der Waals surface area contributed by atoms with E-state index in [-0.39, 0.29) is 5.97 Å². The van der Waals surface area contributed by atoms with Crippen molar-refractivity contribution >= 4 is 5.97 Å². The minimum absolute atomic E-state index is 0.190. The SMILES string of the molecule is CCN(CC)CCCOC(=O)C(C)(c1ccccc1)c1ccccc1. The summed E-state index contributed by atoms with van der Waals surface area (Å²) < 4.78 is 5.69. The highest BCUT2D eigenvalue weighted by atomic mass is 16.5. The van der Waals surface area contributed by atoms with Gasteiger partial charge in [0.1, 0.15) is 5.41 Å². The van der Waals surface area contributed by atoms with Gasteiger partial charge in [0.05, 0.1) is 6.61 Å². The van der Waals surface area contributed by atoms with Crippen LogP contribution in [0.15, 0.2) is 60.7 Å². The Morgan fingerprint density at radius 2 is 1.40 bits per heavy atom. The second-order valence-corrected chi connectivity index (χ2v) is 6.37. The van der Waals surface area contributed by atoms with Crippen LogP contribution in [0.25, 0.3) is 0 Å². The third kappa shape index (κ3) is 4.70. The summed E-state index contributed by atoms with van der Waals surface area (Å²) in [5.41, 5.74) is 1.11. The molecule has 0 aliphatic heterocycles. The van der Waals surface area contributed by atoms with Crippen molar-refractivity contribution < 1.29 is 9.53 Å². The van der Waals surface area contributed by atoms with E-state index >= 15 is 0 Å². The molecule has 2 aromatic rings. The van der Waals surface area contributed by atoms with Gasteiger partial charge in [0.25, 0.3) is 0 Å². The first-order valence-electron chi connectivity index (χ1n) is 9.13. The van der Waals surface area contributed by atoms with E-state index in [1.807, 2.05) is 67.6 Å². The zero-order valence-corrected chi connectivity index (χ0v) is 15.6. The summed E-state index contributed by atoms with van der Waals surface area (Å²) in [5, 5.41) is 0. The van der Waals surface area contributed by atoms with Crippen molar-refractivity contribution in [2.45, 2.75) is 32.6 Å². The molecule has 0 radical (unpaired) electrons. The number of nitrogens with zero attached hydrogens (tertiary/aromatic N) is 1. The first-order chi connectivity index (χ1) is 12.1. The van der Waals surface area contributed by atoms with Crippen molar-refractivity contribution in [3.8, 4) is 0 Å². The van der Waals surface area contributed by atoms with Crippen molar-refractivity contribution in [1.82, 2.24) is 4.90 Å². The van der Waals surface area contributed by atoms with E-state index in [4.69, 9.17) is 4.74 Å². The second-order valence-electron chi connectivity index (χ2n) is 6.37. The molecule has 2 aromatic carbocycles. The molecule has 0 N–H and O–H groups in total. The van der Waals surface area contributed by atoms with Crippen molar-refractivity contribution in [2.24, 2.45) is 0 Å². The van der Waals surface area contributed by atoms with Crippen molar-refractivity contribution in [1.29, 1.82) is 0 Å². The van der Waals surface area contributed by atoms with Crippen LogP contribution in [0.5, 0.6) is 0 Å². The van der Waals surface area contributed by atoms with Gasteiger partial charge in [-0.1, -0.05) is 74.5 Å². The molecule has 2 rings (SSSR count). The number of carbonyl (C=O) groups is 1. The number of esters is 1. The van der Waals surface area contributed by atoms with Crippen molar-refractivity contribution in [3.05, 3.63) is 71.8 Å². The van der Waals surface area contributed by atoms with E-state index in [0.29, 0.717) is 6.61 Å². The molecular weight excluding hydrogens is 310 g/mol. The number of rotatable bonds is 9. The van der Waals surface area contributed by atoms with Gasteiger partial charge in [-0.05, 0) is 37.6 Å². The Bertz CT molecular complexity index is 596. The van der Waals surface area contributed by atoms with Gasteiger partial charge in [-0.15, -0.1) is 0 Å². The van der Waals surface area contributed by atoms with Gasteiger partial charge >= 0.3 is 5.97 Å². The Morgan fingerprint density at radius 3 is 1.84 bits per heavy atom. The monoisotopic (exact) mass is 339 g/mol. The van der Waals surface area contributed by atoms with E-state index in [1.165, 1.54) is 0 Å². The number of hydrogen-bond acceptors (Lipinski definition) is 3. The maximum absolute atomic E-state index is 13.0. The smallest absolute Gasteiger partial charge is 0.320 e. The molecule has 0 aliphatic carbocycles. The number of ether oxygens (including phenoxy) is 1. The van der Waals surface area contributed by atoms with E-state index in [0.717, 1.165) is 37.2 Å². The van der Waals surface area contributed by atoms with Crippen LogP contribution in [0.1, 0.15) is 38.3 Å². The highest BCUT2D eigenvalue weighted by Crippen LogP contribution is 2.33. The van der Waals surface area contributed by atoms with Gasteiger partial charge in [-0.25, -0.2) is 0 Å². The summed E-state index contributed by atoms with van der Waals surface area (Å²) in [5.74, 6) is -0.190. The summed E-state index contributed by atoms with van der Waals surface area (Å²) in [7, 11) is 0. The van der Waals surface area contributed by atoms with Crippen molar-refractivity contribution in [3.63, 3.8) is 0 Å². The molecule has 3 nitrogen and oxygen atoms in total. The molecule has 0 unspecified atom stereocenters. The molecule has 0 bridgehead atoms. The minimum Gasteiger partial charge on any atom is -0.465 e. The van der Waals surface area contributed by atoms with Gasteiger partial charge in [-0.2, -0.15) is 0 Å². The largest absolute Gasteiger partial charge is 0.465 e. The summed E-state index contributed by atoms with van der Waals surface area (Å²) in [4.78, 5) is 15.3. The lowest BCUT2D eigenvalue weighted by molar-refractivity contribution is -0.148. The first kappa shape index (κ1) is 19.2. The van der Waals surface area contributed by atoms with Crippen LogP contribution < -0.4 is 0 Å². The number of carbonyl (C=O) groups excluding carboxylic acids is 1. The zero-order chi connectivity index (χ0) is 18.1. The Kier molecular flexibility index (Phi) is 7.20. The average Bonchev–Trinajstić information content (AvgIpc) is 2.68. The fourth-order valence-corrected chi connectivity index (χ4v) is 3.08. The predicted octanol–water partition coefficient (Wildman–Crippen LogP) is 4.27. The van der Waals surface area contributed by atoms with E-state index in [2.05, 4.69) is 18.7 Å². The third-order valence-electron chi connectivity index (χ3n) is 4.86. The van der Waals surface area contributed by atoms with Crippen LogP contribution in [-0.2, 0) is 14.9 Å². The van der Waals surface area contributed by atoms with Gasteiger partial charge in [0.15, 0.2) is 0 Å². The highest BCUT2D eigenvalue weighted by molar-refractivity contribution is 5.87. The molecule has 0 aromatic heterocycles. The Hall–Kier alpha value is -2.13. The first-order valence-corrected chi connectivity index (χ1v) is 9.13. The summed E-state index contributed by atoms with van der Waals surface area (Å²) >= 11 is 0. The lowest BCUT2D eigenvalue weighted by Gasteiger charge is -2.29. The fourth-order valence-electron chi connectivity index (χ4n) is 3.08. The highest BCUT2D eigenvalue weighted by Gasteiger charge is 2.38. The van der Waals surface area contributed by atoms with Crippen LogP contribution in [-0.4, -0.2) is 37.1 Å². The van der Waals surface area contributed by atoms with E-state index in [1.54, 1.807) is 0 Å². The molecule has 0 saturated heterocycles. The minimum atomic E-state index is -0.794. The molecule has 0 aliphatic rings. The number of hydrogen-bond donors (Lipinski definition) is 0. The van der Waals surface area contributed by atoms with Crippen molar-refractivity contribution in [2.75, 3.05) is 26.2 Å². The summed E-state index contributed by atoms with van der Waals surface area (Å²) in [6.45, 7) is 9.70. The normalized spacial score (nSPS) is 11.5. The maximum atomic E-state index is 13.0. The molecule has 0 saturated carbocycles. The molecule has 25 heavy (non-hydrogen) atoms. The van der Waals surface area contributed by atoms with Gasteiger partial charge in [0.2, 0.25) is 0 Å². The molecule has 0 heterocycles. The summed E-state index contributed by atoms with van der Waals surface area (Å²) in [6.07, 6.45) is 0.854. The van der Waals surface area contributed by atoms with Crippen LogP contribution in [0, 0.1) is 0 Å². The Labute approximate surface area is 151 Å². The Balaban J connectivity index is 2.12. The van der Waals surface area contributed by atoms with Crippen LogP contribution >= 0.6 is 0 Å². The molecule has 134 valence electrons. The van der Waals surface area contributed by atoms with Crippen LogP contribution in [0.4, 0.5) is 0 Å². The fraction of sp³-hybridized carbons (Fsp3) is 0.409. The predicted molar refractivity (Wildman–Crippen MR) is 103 cm³/mol. The topological polar surface area (TPSA) is 29.5 Å². The second kappa shape index (κ2) is 9.38. The van der Waals surface area contributed by atoms with E-state index in [9.17, 15) is 4.79 Å². The van der Waals surface area contributed by atoms with E-state index < -0.39 is 5.41 Å². The molecule has 0 atom stereocenters. The quantitative estimate of drug-likeness (QED) is 0.505. The zero-order valence-electron chi connectivity index (χ0n) is 15.6. The average molecular weight is 339 g/mol. The maximum Gasteiger partial charge on any atom is 0.320 e. The Morgan fingerprint density at radius 1 is 0.920 bits per heavy atom. The lowest BCUT2D eigenvalue weighted by atomic mass is 9.76.